The second-order valence-corrected chi connectivity index (χ2v) is 23.2. The minimum absolute atomic E-state index is 0.142. The molecule has 2 aromatic rings. The Balaban J connectivity index is 0.000000189. The Morgan fingerprint density at radius 2 is 1.18 bits per heavy atom. The molecule has 0 radical (unpaired) electrons. The first-order valence-corrected chi connectivity index (χ1v) is 24.1. The van der Waals surface area contributed by atoms with Gasteiger partial charge < -0.3 is 26.3 Å². The molecule has 4 fully saturated rings. The summed E-state index contributed by atoms with van der Waals surface area (Å²) in [5.74, 6) is 4.25. The normalized spacial score (nSPS) is 34.1. The molecule has 9 atom stereocenters. The van der Waals surface area contributed by atoms with E-state index in [-0.39, 0.29) is 22.8 Å². The van der Waals surface area contributed by atoms with E-state index in [9.17, 15) is 9.59 Å². The van der Waals surface area contributed by atoms with Crippen molar-refractivity contribution in [2.45, 2.75) is 189 Å². The van der Waals surface area contributed by atoms with Crippen LogP contribution in [0.15, 0.2) is 36.7 Å². The van der Waals surface area contributed by atoms with E-state index in [2.05, 4.69) is 105 Å². The molecular formula is C54H81N3O4. The molecule has 0 bridgehead atoms. The summed E-state index contributed by atoms with van der Waals surface area (Å²) >= 11 is 0. The number of nitrogens with two attached hydrogens (primary N) is 2. The zero-order valence-electron chi connectivity index (χ0n) is 40.0. The summed E-state index contributed by atoms with van der Waals surface area (Å²) in [7, 11) is 0. The molecule has 7 heteroatoms. The molecule has 0 heterocycles. The highest BCUT2D eigenvalue weighted by Gasteiger charge is 2.62. The van der Waals surface area contributed by atoms with Crippen LogP contribution in [0.5, 0.6) is 11.5 Å². The number of ether oxygens (including phenoxy) is 2. The molecule has 8 rings (SSSR count). The minimum Gasteiger partial charge on any atom is -0.427 e. The van der Waals surface area contributed by atoms with Crippen LogP contribution in [0.1, 0.15) is 179 Å². The van der Waals surface area contributed by atoms with Gasteiger partial charge in [0.1, 0.15) is 17.5 Å². The molecule has 4 saturated carbocycles. The van der Waals surface area contributed by atoms with E-state index in [0.29, 0.717) is 64.5 Å². The van der Waals surface area contributed by atoms with Gasteiger partial charge in [0.2, 0.25) is 0 Å². The monoisotopic (exact) mass is 836 g/mol. The molecule has 5 N–H and O–H groups in total. The van der Waals surface area contributed by atoms with Crippen LogP contribution in [0, 0.1) is 59.2 Å². The third-order valence-corrected chi connectivity index (χ3v) is 18.4. The van der Waals surface area contributed by atoms with Crippen LogP contribution in [0.4, 0.5) is 0 Å². The third kappa shape index (κ3) is 7.99. The molecule has 7 nitrogen and oxygen atoms in total. The predicted molar refractivity (Wildman–Crippen MR) is 248 cm³/mol. The summed E-state index contributed by atoms with van der Waals surface area (Å²) in [6.45, 7) is 30.7. The van der Waals surface area contributed by atoms with Gasteiger partial charge in [-0.2, -0.15) is 0 Å². The van der Waals surface area contributed by atoms with E-state index in [0.717, 1.165) is 36.8 Å². The van der Waals surface area contributed by atoms with Gasteiger partial charge in [0.15, 0.2) is 0 Å². The van der Waals surface area contributed by atoms with Crippen molar-refractivity contribution in [2.24, 2.45) is 56.8 Å². The number of carbonyl (C=O) groups is 2. The fourth-order valence-electron chi connectivity index (χ4n) is 16.1. The Bertz CT molecular complexity index is 2040. The SMILES string of the molecule is C=C(N)NCCCC(N)C(=O)Oc1cc(C)c2c(c1)C[C@@H]1[C@@]3(C)CCCC(C)(C)[C@@H]3CC[C@@]21C.CCC(=O)Oc1cc(C)c2c(c1)C[C@@H]1[C@@]3(C)CCCC(C)(C)[C@@H]3CC[C@@]21C. The van der Waals surface area contributed by atoms with Gasteiger partial charge in [0.05, 0.1) is 5.82 Å². The maximum Gasteiger partial charge on any atom is 0.328 e. The molecule has 0 aromatic heterocycles. The molecule has 0 saturated heterocycles. The lowest BCUT2D eigenvalue weighted by atomic mass is 9.43. The highest BCUT2D eigenvalue weighted by Crippen LogP contribution is 2.69. The van der Waals surface area contributed by atoms with E-state index in [4.69, 9.17) is 20.9 Å². The largest absolute Gasteiger partial charge is 0.427 e. The Morgan fingerprint density at radius 3 is 1.62 bits per heavy atom. The number of hydrogen-bond donors (Lipinski definition) is 3. The summed E-state index contributed by atoms with van der Waals surface area (Å²) in [5, 5.41) is 2.96. The highest BCUT2D eigenvalue weighted by molar-refractivity contribution is 5.78. The highest BCUT2D eigenvalue weighted by atomic mass is 16.5. The second-order valence-electron chi connectivity index (χ2n) is 23.2. The van der Waals surface area contributed by atoms with E-state index >= 15 is 0 Å². The lowest BCUT2D eigenvalue weighted by molar-refractivity contribution is -0.136. The number of hydrogen-bond acceptors (Lipinski definition) is 7. The van der Waals surface area contributed by atoms with Crippen LogP contribution in [0.25, 0.3) is 0 Å². The van der Waals surface area contributed by atoms with Gasteiger partial charge in [-0.3, -0.25) is 4.79 Å². The van der Waals surface area contributed by atoms with Crippen LogP contribution in [-0.4, -0.2) is 24.5 Å². The summed E-state index contributed by atoms with van der Waals surface area (Å²) < 4.78 is 11.4. The van der Waals surface area contributed by atoms with Gasteiger partial charge in [0.25, 0.3) is 0 Å². The predicted octanol–water partition coefficient (Wildman–Crippen LogP) is 11.5. The van der Waals surface area contributed by atoms with Crippen molar-refractivity contribution in [3.63, 3.8) is 0 Å². The number of carbonyl (C=O) groups excluding carboxylic acids is 2. The van der Waals surface area contributed by atoms with Crippen LogP contribution in [0.3, 0.4) is 0 Å². The maximum atomic E-state index is 12.7. The minimum atomic E-state index is -0.648. The van der Waals surface area contributed by atoms with Crippen LogP contribution in [-0.2, 0) is 33.3 Å². The van der Waals surface area contributed by atoms with Crippen molar-refractivity contribution in [1.82, 2.24) is 5.32 Å². The van der Waals surface area contributed by atoms with Crippen molar-refractivity contribution in [2.75, 3.05) is 6.54 Å². The number of aryl methyl sites for hydroxylation is 2. The number of rotatable bonds is 9. The molecule has 336 valence electrons. The number of fused-ring (bicyclic) bond motifs is 10. The van der Waals surface area contributed by atoms with Crippen molar-refractivity contribution in [3.8, 4) is 11.5 Å². The summed E-state index contributed by atoms with van der Waals surface area (Å²) in [6.07, 6.45) is 17.2. The second kappa shape index (κ2) is 16.3. The summed E-state index contributed by atoms with van der Waals surface area (Å²) in [5.41, 5.74) is 22.2. The van der Waals surface area contributed by atoms with E-state index in [1.807, 2.05) is 6.92 Å². The molecule has 6 aliphatic carbocycles. The molecule has 61 heavy (non-hydrogen) atoms. The van der Waals surface area contributed by atoms with Gasteiger partial charge in [-0.15, -0.1) is 0 Å². The molecular weight excluding hydrogens is 755 g/mol. The fourth-order valence-corrected chi connectivity index (χ4v) is 16.1. The fraction of sp³-hybridized carbons (Fsp3) is 0.704. The standard InChI is InChI=1S/C29H45N3O2.C25H36O2/c1-18-15-21(34-26(33)22(31)9-7-14-32-19(2)30)16-20-17-24-28(5)12-8-11-27(3,4)23(28)10-13-29(24,6)25(18)20;1-7-21(26)27-18-13-16(2)22-17(14-18)15-20-24(5)11-8-10-23(3,4)19(24)9-12-25(20,22)6/h15-16,22-24,32H,2,7-14,17,30-31H2,1,3-6H3;13-14,19-20H,7-12,15H2,1-6H3/t22?,23-,24+,28-,29+;19-,20+,24-,25+/m00/s1. The van der Waals surface area contributed by atoms with E-state index in [1.54, 1.807) is 5.56 Å². The average Bonchev–Trinajstić information content (AvgIpc) is 3.65. The Kier molecular flexibility index (Phi) is 12.2. The lowest BCUT2D eigenvalue weighted by Crippen LogP contribution is -2.55. The average molecular weight is 836 g/mol. The van der Waals surface area contributed by atoms with Gasteiger partial charge in [0, 0.05) is 13.0 Å². The van der Waals surface area contributed by atoms with Crippen molar-refractivity contribution in [1.29, 1.82) is 0 Å². The van der Waals surface area contributed by atoms with Gasteiger partial charge in [-0.25, -0.2) is 4.79 Å². The Morgan fingerprint density at radius 1 is 0.721 bits per heavy atom. The number of benzene rings is 2. The number of nitrogens with one attached hydrogen (secondary N) is 1. The van der Waals surface area contributed by atoms with Crippen molar-refractivity contribution >= 4 is 11.9 Å². The van der Waals surface area contributed by atoms with Gasteiger partial charge in [-0.05, 0) is 205 Å². The van der Waals surface area contributed by atoms with Crippen LogP contribution >= 0.6 is 0 Å². The first-order valence-electron chi connectivity index (χ1n) is 24.1. The van der Waals surface area contributed by atoms with Crippen LogP contribution in [0.2, 0.25) is 0 Å². The van der Waals surface area contributed by atoms with E-state index in [1.165, 1.54) is 92.0 Å². The van der Waals surface area contributed by atoms with Crippen LogP contribution < -0.4 is 26.3 Å². The first-order chi connectivity index (χ1) is 28.5. The molecule has 0 amide bonds. The Labute approximate surface area is 369 Å². The van der Waals surface area contributed by atoms with Gasteiger partial charge >= 0.3 is 11.9 Å². The summed E-state index contributed by atoms with van der Waals surface area (Å²) in [4.78, 5) is 24.5. The smallest absolute Gasteiger partial charge is 0.328 e. The molecule has 0 spiro atoms. The quantitative estimate of drug-likeness (QED) is 0.131. The maximum absolute atomic E-state index is 12.7. The zero-order valence-corrected chi connectivity index (χ0v) is 40.0. The first kappa shape index (κ1) is 45.7. The zero-order chi connectivity index (χ0) is 44.5. The van der Waals surface area contributed by atoms with Crippen molar-refractivity contribution < 1.29 is 19.1 Å². The third-order valence-electron chi connectivity index (χ3n) is 18.4. The number of esters is 2. The van der Waals surface area contributed by atoms with E-state index < -0.39 is 6.04 Å². The Hall–Kier alpha value is -3.32. The topological polar surface area (TPSA) is 117 Å². The molecule has 2 aromatic carbocycles. The molecule has 1 unspecified atom stereocenters. The lowest BCUT2D eigenvalue weighted by Gasteiger charge is -2.61. The summed E-state index contributed by atoms with van der Waals surface area (Å²) in [6, 6.07) is 7.80. The van der Waals surface area contributed by atoms with Crippen molar-refractivity contribution in [3.05, 3.63) is 70.0 Å². The molecule has 6 aliphatic rings. The molecule has 0 aliphatic heterocycles. The van der Waals surface area contributed by atoms with Gasteiger partial charge in [-0.1, -0.05) is 81.7 Å².